The van der Waals surface area contributed by atoms with Gasteiger partial charge in [0.25, 0.3) is 5.91 Å². The summed E-state index contributed by atoms with van der Waals surface area (Å²) in [5, 5.41) is 8.15. The molecule has 1 aromatic heterocycles. The molecule has 0 unspecified atom stereocenters. The number of pyridine rings is 1. The zero-order chi connectivity index (χ0) is 24.7. The van der Waals surface area contributed by atoms with Gasteiger partial charge in [0.2, 0.25) is 0 Å². The minimum atomic E-state index is -4.26. The van der Waals surface area contributed by atoms with Crippen LogP contribution in [-0.4, -0.2) is 53.8 Å². The fraction of sp³-hybridized carbons (Fsp3) is 0.174. The second kappa shape index (κ2) is 10.8. The lowest BCUT2D eigenvalue weighted by atomic mass is 10.2. The molecule has 2 aromatic carbocycles. The number of aromatic nitrogens is 1. The van der Waals surface area contributed by atoms with Gasteiger partial charge < -0.3 is 15.6 Å². The Kier molecular flexibility index (Phi) is 7.82. The van der Waals surface area contributed by atoms with Gasteiger partial charge in [-0.3, -0.25) is 14.6 Å². The lowest BCUT2D eigenvalue weighted by Gasteiger charge is -2.21. The van der Waals surface area contributed by atoms with Crippen molar-refractivity contribution < 1.29 is 27.9 Å². The molecule has 178 valence electrons. The van der Waals surface area contributed by atoms with Gasteiger partial charge in [0, 0.05) is 17.7 Å². The topological polar surface area (TPSA) is 166 Å². The van der Waals surface area contributed by atoms with Crippen LogP contribution in [0.3, 0.4) is 0 Å². The predicted molar refractivity (Wildman–Crippen MR) is 125 cm³/mol. The second-order valence-corrected chi connectivity index (χ2v) is 9.45. The average Bonchev–Trinajstić information content (AvgIpc) is 2.82. The number of nitrogens with two attached hydrogens (primary N) is 2. The first-order valence-electron chi connectivity index (χ1n) is 10.2. The van der Waals surface area contributed by atoms with Crippen molar-refractivity contribution in [1.29, 1.82) is 0 Å². The normalized spacial score (nSPS) is 12.0. The standard InChI is InChI=1S/C23H24N4O6S/c24-21-8-4-5-17(26-21)13-14-33-18-11-9-16(10-12-18)22(28)27(25)15-20(23(29)30)34(31,32)19-6-2-1-3-7-19/h1-12,20H,13-15,25H2,(H2,24,26)(H,29,30)/t20-/m0/s1. The SMILES string of the molecule is Nc1cccc(CCOc2ccc(C(=O)N(N)C[C@@H](C(=O)O)S(=O)(=O)c3ccccc3)cc2)n1. The van der Waals surface area contributed by atoms with Crippen LogP contribution in [-0.2, 0) is 21.1 Å². The molecule has 1 heterocycles. The van der Waals surface area contributed by atoms with Gasteiger partial charge in [-0.15, -0.1) is 0 Å². The smallest absolute Gasteiger partial charge is 0.324 e. The Morgan fingerprint density at radius 2 is 1.68 bits per heavy atom. The molecule has 0 bridgehead atoms. The molecule has 0 aliphatic carbocycles. The van der Waals surface area contributed by atoms with Crippen LogP contribution in [0.5, 0.6) is 5.75 Å². The van der Waals surface area contributed by atoms with Gasteiger partial charge in [-0.2, -0.15) is 0 Å². The van der Waals surface area contributed by atoms with Crippen LogP contribution in [0.2, 0.25) is 0 Å². The molecule has 0 saturated heterocycles. The Hall–Kier alpha value is -3.96. The zero-order valence-corrected chi connectivity index (χ0v) is 18.9. The number of carboxylic acids is 1. The summed E-state index contributed by atoms with van der Waals surface area (Å²) in [7, 11) is -4.26. The van der Waals surface area contributed by atoms with Crippen molar-refractivity contribution in [2.75, 3.05) is 18.9 Å². The van der Waals surface area contributed by atoms with Gasteiger partial charge in [0.15, 0.2) is 15.1 Å². The molecule has 1 amide bonds. The van der Waals surface area contributed by atoms with E-state index in [9.17, 15) is 23.1 Å². The summed E-state index contributed by atoms with van der Waals surface area (Å²) in [6, 6.07) is 18.5. The van der Waals surface area contributed by atoms with Crippen molar-refractivity contribution in [3.05, 3.63) is 84.1 Å². The minimum Gasteiger partial charge on any atom is -0.493 e. The third-order valence-electron chi connectivity index (χ3n) is 4.90. The van der Waals surface area contributed by atoms with Gasteiger partial charge in [0.05, 0.1) is 18.0 Å². The highest BCUT2D eigenvalue weighted by Crippen LogP contribution is 2.18. The van der Waals surface area contributed by atoms with E-state index < -0.39 is 33.5 Å². The van der Waals surface area contributed by atoms with E-state index in [0.717, 1.165) is 5.69 Å². The van der Waals surface area contributed by atoms with Crippen LogP contribution in [0, 0.1) is 0 Å². The Balaban J connectivity index is 1.62. The molecule has 0 radical (unpaired) electrons. The number of nitrogen functional groups attached to an aromatic ring is 1. The number of carboxylic acid groups (broad SMARTS) is 1. The van der Waals surface area contributed by atoms with Crippen molar-refractivity contribution in [2.45, 2.75) is 16.6 Å². The van der Waals surface area contributed by atoms with Crippen molar-refractivity contribution in [3.63, 3.8) is 0 Å². The van der Waals surface area contributed by atoms with E-state index in [1.165, 1.54) is 36.4 Å². The highest BCUT2D eigenvalue weighted by Gasteiger charge is 2.36. The number of hydrazine groups is 1. The predicted octanol–water partition coefficient (Wildman–Crippen LogP) is 1.53. The molecule has 3 aromatic rings. The second-order valence-electron chi connectivity index (χ2n) is 7.32. The van der Waals surface area contributed by atoms with E-state index in [2.05, 4.69) is 4.98 Å². The monoisotopic (exact) mass is 484 g/mol. The van der Waals surface area contributed by atoms with Gasteiger partial charge in [0.1, 0.15) is 11.6 Å². The fourth-order valence-electron chi connectivity index (χ4n) is 3.12. The Morgan fingerprint density at radius 1 is 1.00 bits per heavy atom. The van der Waals surface area contributed by atoms with E-state index in [1.807, 2.05) is 6.07 Å². The molecule has 0 fully saturated rings. The first-order chi connectivity index (χ1) is 16.2. The lowest BCUT2D eigenvalue weighted by Crippen LogP contribution is -2.48. The summed E-state index contributed by atoms with van der Waals surface area (Å²) in [4.78, 5) is 28.4. The van der Waals surface area contributed by atoms with Crippen LogP contribution < -0.4 is 16.3 Å². The maximum Gasteiger partial charge on any atom is 0.324 e. The van der Waals surface area contributed by atoms with E-state index in [1.54, 1.807) is 30.3 Å². The molecule has 5 N–H and O–H groups in total. The van der Waals surface area contributed by atoms with E-state index in [4.69, 9.17) is 16.3 Å². The van der Waals surface area contributed by atoms with Crippen LogP contribution in [0.15, 0.2) is 77.7 Å². The molecule has 1 atom stereocenters. The molecule has 0 aliphatic heterocycles. The Bertz CT molecular complexity index is 1250. The Labute approximate surface area is 196 Å². The Morgan fingerprint density at radius 3 is 2.29 bits per heavy atom. The highest BCUT2D eigenvalue weighted by molar-refractivity contribution is 7.92. The number of anilines is 1. The van der Waals surface area contributed by atoms with Crippen molar-refractivity contribution in [2.24, 2.45) is 5.84 Å². The number of hydrogen-bond acceptors (Lipinski definition) is 8. The summed E-state index contributed by atoms with van der Waals surface area (Å²) in [5.74, 6) is 4.35. The number of hydrogen-bond donors (Lipinski definition) is 3. The number of sulfone groups is 1. The molecular weight excluding hydrogens is 460 g/mol. The van der Waals surface area contributed by atoms with E-state index >= 15 is 0 Å². The summed E-state index contributed by atoms with van der Waals surface area (Å²) in [5.41, 5.74) is 6.58. The van der Waals surface area contributed by atoms with Crippen LogP contribution >= 0.6 is 0 Å². The molecule has 10 nitrogen and oxygen atoms in total. The minimum absolute atomic E-state index is 0.147. The number of aliphatic carboxylic acids is 1. The molecule has 11 heteroatoms. The molecule has 3 rings (SSSR count). The number of rotatable bonds is 10. The summed E-state index contributed by atoms with van der Waals surface area (Å²) < 4.78 is 31.1. The van der Waals surface area contributed by atoms with E-state index in [-0.39, 0.29) is 10.5 Å². The summed E-state index contributed by atoms with van der Waals surface area (Å²) in [6.45, 7) is -0.388. The van der Waals surface area contributed by atoms with Crippen molar-refractivity contribution in [3.8, 4) is 5.75 Å². The lowest BCUT2D eigenvalue weighted by molar-refractivity contribution is -0.136. The maximum atomic E-state index is 12.7. The fourth-order valence-corrected chi connectivity index (χ4v) is 4.60. The van der Waals surface area contributed by atoms with Crippen LogP contribution in [0.4, 0.5) is 5.82 Å². The van der Waals surface area contributed by atoms with E-state index in [0.29, 0.717) is 29.6 Å². The zero-order valence-electron chi connectivity index (χ0n) is 18.1. The van der Waals surface area contributed by atoms with Gasteiger partial charge in [-0.05, 0) is 48.5 Å². The summed E-state index contributed by atoms with van der Waals surface area (Å²) in [6.07, 6.45) is 0.536. The number of carbonyl (C=O) groups excluding carboxylic acids is 1. The molecule has 0 aliphatic rings. The molecule has 0 spiro atoms. The van der Waals surface area contributed by atoms with Crippen molar-refractivity contribution >= 4 is 27.5 Å². The van der Waals surface area contributed by atoms with Gasteiger partial charge in [-0.25, -0.2) is 19.2 Å². The third kappa shape index (κ3) is 6.09. The maximum absolute atomic E-state index is 12.7. The number of ether oxygens (including phenoxy) is 1. The van der Waals surface area contributed by atoms with Crippen LogP contribution in [0.1, 0.15) is 16.1 Å². The average molecular weight is 485 g/mol. The number of carbonyl (C=O) groups is 2. The third-order valence-corrected chi connectivity index (χ3v) is 6.93. The van der Waals surface area contributed by atoms with Gasteiger partial charge in [-0.1, -0.05) is 24.3 Å². The summed E-state index contributed by atoms with van der Waals surface area (Å²) >= 11 is 0. The number of benzene rings is 2. The first-order valence-corrected chi connectivity index (χ1v) is 11.8. The molecule has 34 heavy (non-hydrogen) atoms. The highest BCUT2D eigenvalue weighted by atomic mass is 32.2. The number of nitrogens with zero attached hydrogens (tertiary/aromatic N) is 2. The largest absolute Gasteiger partial charge is 0.493 e. The first kappa shape index (κ1) is 24.7. The quantitative estimate of drug-likeness (QED) is 0.220. The van der Waals surface area contributed by atoms with Crippen LogP contribution in [0.25, 0.3) is 0 Å². The number of amides is 1. The molecular formula is C23H24N4O6S. The molecule has 0 saturated carbocycles. The van der Waals surface area contributed by atoms with Crippen molar-refractivity contribution in [1.82, 2.24) is 9.99 Å². The van der Waals surface area contributed by atoms with Gasteiger partial charge >= 0.3 is 5.97 Å².